The predicted molar refractivity (Wildman–Crippen MR) is 50.0 cm³/mol. The van der Waals surface area contributed by atoms with E-state index in [1.807, 2.05) is 7.11 Å². The Morgan fingerprint density at radius 2 is 1.92 bits per heavy atom. The highest BCUT2D eigenvalue weighted by Gasteiger charge is 2.61. The highest BCUT2D eigenvalue weighted by molar-refractivity contribution is 5.10. The summed E-state index contributed by atoms with van der Waals surface area (Å²) in [4.78, 5) is 0. The van der Waals surface area contributed by atoms with Gasteiger partial charge in [0.2, 0.25) is 0 Å². The van der Waals surface area contributed by atoms with Gasteiger partial charge in [0, 0.05) is 7.11 Å². The van der Waals surface area contributed by atoms with E-state index in [2.05, 4.69) is 20.8 Å². The molecular weight excluding hydrogens is 148 g/mol. The molecular formula is C11H20O. The Morgan fingerprint density at radius 1 is 1.25 bits per heavy atom. The van der Waals surface area contributed by atoms with E-state index in [1.54, 1.807) is 0 Å². The maximum atomic E-state index is 5.58. The minimum Gasteiger partial charge on any atom is -0.381 e. The molecule has 2 fully saturated rings. The van der Waals surface area contributed by atoms with Crippen LogP contribution in [-0.4, -0.2) is 13.2 Å². The summed E-state index contributed by atoms with van der Waals surface area (Å²) in [6, 6.07) is 0. The van der Waals surface area contributed by atoms with E-state index in [9.17, 15) is 0 Å². The Hall–Kier alpha value is -0.0400. The van der Waals surface area contributed by atoms with Crippen molar-refractivity contribution < 1.29 is 4.74 Å². The van der Waals surface area contributed by atoms with Gasteiger partial charge in [-0.05, 0) is 36.0 Å². The molecule has 2 bridgehead atoms. The summed E-state index contributed by atoms with van der Waals surface area (Å²) < 4.78 is 5.58. The number of hydrogen-bond acceptors (Lipinski definition) is 1. The monoisotopic (exact) mass is 168 g/mol. The van der Waals surface area contributed by atoms with Gasteiger partial charge in [0.05, 0.1) is 6.10 Å². The van der Waals surface area contributed by atoms with Crippen molar-refractivity contribution in [1.82, 2.24) is 0 Å². The van der Waals surface area contributed by atoms with E-state index < -0.39 is 0 Å². The van der Waals surface area contributed by atoms with Gasteiger partial charge in [-0.2, -0.15) is 0 Å². The topological polar surface area (TPSA) is 9.23 Å². The van der Waals surface area contributed by atoms with Crippen molar-refractivity contribution in [2.75, 3.05) is 7.11 Å². The van der Waals surface area contributed by atoms with E-state index in [0.717, 1.165) is 5.92 Å². The number of hydrogen-bond donors (Lipinski definition) is 0. The molecule has 1 heteroatoms. The summed E-state index contributed by atoms with van der Waals surface area (Å²) in [7, 11) is 1.87. The second-order valence-corrected chi connectivity index (χ2v) is 5.33. The van der Waals surface area contributed by atoms with Crippen molar-refractivity contribution in [1.29, 1.82) is 0 Å². The van der Waals surface area contributed by atoms with Crippen LogP contribution in [0.25, 0.3) is 0 Å². The summed E-state index contributed by atoms with van der Waals surface area (Å²) in [5, 5.41) is 0. The summed E-state index contributed by atoms with van der Waals surface area (Å²) in [5.74, 6) is 0.910. The molecule has 0 radical (unpaired) electrons. The highest BCUT2D eigenvalue weighted by atomic mass is 16.5. The van der Waals surface area contributed by atoms with E-state index in [4.69, 9.17) is 4.74 Å². The van der Waals surface area contributed by atoms with Gasteiger partial charge in [0.25, 0.3) is 0 Å². The third-order valence-corrected chi connectivity index (χ3v) is 5.00. The molecule has 3 atom stereocenters. The lowest BCUT2D eigenvalue weighted by Gasteiger charge is -2.38. The largest absolute Gasteiger partial charge is 0.381 e. The van der Waals surface area contributed by atoms with E-state index in [0.29, 0.717) is 16.9 Å². The summed E-state index contributed by atoms with van der Waals surface area (Å²) in [6.45, 7) is 7.25. The molecule has 0 aromatic rings. The Kier molecular flexibility index (Phi) is 1.61. The van der Waals surface area contributed by atoms with Crippen molar-refractivity contribution in [2.24, 2.45) is 16.7 Å². The van der Waals surface area contributed by atoms with Crippen LogP contribution in [0.2, 0.25) is 0 Å². The normalized spacial score (nSPS) is 50.0. The lowest BCUT2D eigenvalue weighted by molar-refractivity contribution is -0.0200. The first-order chi connectivity index (χ1) is 5.52. The molecule has 0 aliphatic heterocycles. The molecule has 0 saturated heterocycles. The molecule has 0 amide bonds. The van der Waals surface area contributed by atoms with Gasteiger partial charge < -0.3 is 4.74 Å². The number of ether oxygens (including phenoxy) is 1. The molecule has 12 heavy (non-hydrogen) atoms. The first kappa shape index (κ1) is 8.55. The van der Waals surface area contributed by atoms with Gasteiger partial charge in [-0.1, -0.05) is 20.8 Å². The first-order valence-corrected chi connectivity index (χ1v) is 5.05. The van der Waals surface area contributed by atoms with Gasteiger partial charge in [-0.25, -0.2) is 0 Å². The van der Waals surface area contributed by atoms with Crippen LogP contribution in [0, 0.1) is 16.7 Å². The van der Waals surface area contributed by atoms with Crippen LogP contribution in [0.15, 0.2) is 0 Å². The van der Waals surface area contributed by atoms with Gasteiger partial charge in [-0.3, -0.25) is 0 Å². The van der Waals surface area contributed by atoms with E-state index >= 15 is 0 Å². The number of methoxy groups -OCH3 is 1. The molecule has 0 aromatic carbocycles. The average Bonchev–Trinajstić information content (AvgIpc) is 2.34. The molecule has 2 aliphatic carbocycles. The van der Waals surface area contributed by atoms with Crippen LogP contribution >= 0.6 is 0 Å². The molecule has 70 valence electrons. The Morgan fingerprint density at radius 3 is 2.17 bits per heavy atom. The number of fused-ring (bicyclic) bond motifs is 2. The van der Waals surface area contributed by atoms with Crippen LogP contribution in [0.3, 0.4) is 0 Å². The summed E-state index contributed by atoms with van der Waals surface area (Å²) in [6.07, 6.45) is 4.60. The standard InChI is InChI=1S/C11H20O/c1-10(2)8-5-6-11(10,3)9(7-8)12-4/h8-9H,5-7H2,1-4H3/t8?,9?,11-/m1/s1. The van der Waals surface area contributed by atoms with E-state index in [1.165, 1.54) is 19.3 Å². The average molecular weight is 168 g/mol. The fourth-order valence-corrected chi connectivity index (χ4v) is 3.49. The summed E-state index contributed by atoms with van der Waals surface area (Å²) >= 11 is 0. The smallest absolute Gasteiger partial charge is 0.0632 e. The molecule has 2 rings (SSSR count). The van der Waals surface area contributed by atoms with Crippen molar-refractivity contribution in [3.05, 3.63) is 0 Å². The minimum atomic E-state index is 0.451. The van der Waals surface area contributed by atoms with Crippen molar-refractivity contribution in [3.63, 3.8) is 0 Å². The van der Waals surface area contributed by atoms with Gasteiger partial charge >= 0.3 is 0 Å². The lowest BCUT2D eigenvalue weighted by Crippen LogP contribution is -2.36. The SMILES string of the molecule is COC1CC2CC[C@@]1(C)C2(C)C. The van der Waals surface area contributed by atoms with Gasteiger partial charge in [-0.15, -0.1) is 0 Å². The zero-order valence-electron chi connectivity index (χ0n) is 8.68. The van der Waals surface area contributed by atoms with Crippen molar-refractivity contribution in [3.8, 4) is 0 Å². The Labute approximate surface area is 75.5 Å². The third-order valence-electron chi connectivity index (χ3n) is 5.00. The molecule has 2 unspecified atom stereocenters. The zero-order chi connectivity index (χ0) is 8.98. The fourth-order valence-electron chi connectivity index (χ4n) is 3.49. The molecule has 0 N–H and O–H groups in total. The molecule has 0 spiro atoms. The maximum absolute atomic E-state index is 5.58. The molecule has 2 aliphatic rings. The second kappa shape index (κ2) is 2.25. The second-order valence-electron chi connectivity index (χ2n) is 5.33. The van der Waals surface area contributed by atoms with Crippen LogP contribution in [0.5, 0.6) is 0 Å². The van der Waals surface area contributed by atoms with Gasteiger partial charge in [0.1, 0.15) is 0 Å². The van der Waals surface area contributed by atoms with Crippen LogP contribution in [-0.2, 0) is 4.74 Å². The van der Waals surface area contributed by atoms with Crippen molar-refractivity contribution >= 4 is 0 Å². The number of rotatable bonds is 1. The highest BCUT2D eigenvalue weighted by Crippen LogP contribution is 2.66. The molecule has 1 nitrogen and oxygen atoms in total. The predicted octanol–water partition coefficient (Wildman–Crippen LogP) is 2.85. The molecule has 0 aromatic heterocycles. The van der Waals surface area contributed by atoms with E-state index in [-0.39, 0.29) is 0 Å². The Balaban J connectivity index is 2.33. The third kappa shape index (κ3) is 0.736. The quantitative estimate of drug-likeness (QED) is 0.585. The van der Waals surface area contributed by atoms with Crippen LogP contribution < -0.4 is 0 Å². The molecule has 2 saturated carbocycles. The molecule has 0 heterocycles. The van der Waals surface area contributed by atoms with Crippen LogP contribution in [0.4, 0.5) is 0 Å². The summed E-state index contributed by atoms with van der Waals surface area (Å²) in [5.41, 5.74) is 0.958. The fraction of sp³-hybridized carbons (Fsp3) is 1.00. The van der Waals surface area contributed by atoms with Crippen molar-refractivity contribution in [2.45, 2.75) is 46.1 Å². The first-order valence-electron chi connectivity index (χ1n) is 5.05. The van der Waals surface area contributed by atoms with Gasteiger partial charge in [0.15, 0.2) is 0 Å². The zero-order valence-corrected chi connectivity index (χ0v) is 8.68. The minimum absolute atomic E-state index is 0.451. The maximum Gasteiger partial charge on any atom is 0.0632 e. The Bertz CT molecular complexity index is 197. The lowest BCUT2D eigenvalue weighted by atomic mass is 9.70. The van der Waals surface area contributed by atoms with Crippen LogP contribution in [0.1, 0.15) is 40.0 Å².